The molecule has 0 aliphatic rings. The van der Waals surface area contributed by atoms with Gasteiger partial charge in [0.1, 0.15) is 5.75 Å². The van der Waals surface area contributed by atoms with Crippen LogP contribution in [0.25, 0.3) is 0 Å². The number of aliphatic hydroxyl groups excluding tert-OH is 1. The van der Waals surface area contributed by atoms with Crippen LogP contribution in [0.5, 0.6) is 5.75 Å². The van der Waals surface area contributed by atoms with Crippen LogP contribution in [-0.2, 0) is 11.8 Å². The highest BCUT2D eigenvalue weighted by atomic mass is 16.3. The first-order valence-corrected chi connectivity index (χ1v) is 6.04. The van der Waals surface area contributed by atoms with E-state index in [-0.39, 0.29) is 17.8 Å². The summed E-state index contributed by atoms with van der Waals surface area (Å²) in [5.74, 6) is 0.219. The normalized spacial score (nSPS) is 13.8. The number of rotatable bonds is 3. The highest BCUT2D eigenvalue weighted by molar-refractivity contribution is 5.48. The van der Waals surface area contributed by atoms with E-state index in [0.717, 1.165) is 17.5 Å². The lowest BCUT2D eigenvalue weighted by Crippen LogP contribution is -2.18. The summed E-state index contributed by atoms with van der Waals surface area (Å²) in [4.78, 5) is 0. The second-order valence-electron chi connectivity index (χ2n) is 5.47. The zero-order chi connectivity index (χ0) is 13.2. The van der Waals surface area contributed by atoms with Crippen LogP contribution in [0.15, 0.2) is 12.1 Å². The number of phenols is 1. The molecule has 1 unspecified atom stereocenters. The summed E-state index contributed by atoms with van der Waals surface area (Å²) >= 11 is 0. The van der Waals surface area contributed by atoms with Crippen molar-refractivity contribution in [2.75, 3.05) is 6.61 Å². The van der Waals surface area contributed by atoms with Crippen LogP contribution in [0.2, 0.25) is 0 Å². The summed E-state index contributed by atoms with van der Waals surface area (Å²) < 4.78 is 0. The van der Waals surface area contributed by atoms with E-state index in [1.54, 1.807) is 0 Å². The zero-order valence-corrected chi connectivity index (χ0v) is 11.1. The Morgan fingerprint density at radius 2 is 1.88 bits per heavy atom. The molecule has 1 aromatic carbocycles. The predicted molar refractivity (Wildman–Crippen MR) is 70.2 cm³/mol. The number of aromatic hydroxyl groups is 1. The quantitative estimate of drug-likeness (QED) is 0.755. The molecule has 0 aromatic heterocycles. The minimum absolute atomic E-state index is 0.140. The molecule has 1 atom stereocenters. The van der Waals surface area contributed by atoms with Crippen molar-refractivity contribution in [1.29, 1.82) is 0 Å². The molecule has 3 nitrogen and oxygen atoms in total. The van der Waals surface area contributed by atoms with Gasteiger partial charge in [0, 0.05) is 5.56 Å². The fraction of sp³-hybridized carbons (Fsp3) is 0.571. The Hall–Kier alpha value is -1.06. The minimum atomic E-state index is -0.525. The maximum absolute atomic E-state index is 10.3. The number of aliphatic hydroxyl groups is 1. The van der Waals surface area contributed by atoms with Gasteiger partial charge in [-0.15, -0.1) is 0 Å². The van der Waals surface area contributed by atoms with E-state index in [0.29, 0.717) is 5.56 Å². The van der Waals surface area contributed by atoms with Gasteiger partial charge in [-0.1, -0.05) is 39.8 Å². The molecule has 0 aliphatic heterocycles. The predicted octanol–water partition coefficient (Wildman–Crippen LogP) is 2.24. The van der Waals surface area contributed by atoms with Crippen molar-refractivity contribution >= 4 is 0 Å². The highest BCUT2D eigenvalue weighted by Gasteiger charge is 2.23. The Bertz CT molecular complexity index is 394. The van der Waals surface area contributed by atoms with Crippen molar-refractivity contribution < 1.29 is 10.2 Å². The van der Waals surface area contributed by atoms with E-state index in [2.05, 4.69) is 27.7 Å². The fourth-order valence-corrected chi connectivity index (χ4v) is 1.88. The standard InChI is InChI=1S/C14H23NO2/c1-5-9-6-10(12(15)8-16)13(17)11(7-9)14(2,3)4/h6-7,12,16-17H,5,8,15H2,1-4H3. The number of phenolic OH excluding ortho intramolecular Hbond substituents is 1. The lowest BCUT2D eigenvalue weighted by molar-refractivity contribution is 0.264. The maximum atomic E-state index is 10.3. The molecule has 0 radical (unpaired) electrons. The van der Waals surface area contributed by atoms with Crippen molar-refractivity contribution in [2.24, 2.45) is 5.73 Å². The summed E-state index contributed by atoms with van der Waals surface area (Å²) in [5.41, 5.74) is 8.33. The third-order valence-corrected chi connectivity index (χ3v) is 3.01. The van der Waals surface area contributed by atoms with Crippen LogP contribution in [0.4, 0.5) is 0 Å². The molecule has 0 fully saturated rings. The first-order valence-electron chi connectivity index (χ1n) is 6.04. The topological polar surface area (TPSA) is 66.5 Å². The van der Waals surface area contributed by atoms with Crippen molar-refractivity contribution in [3.63, 3.8) is 0 Å². The van der Waals surface area contributed by atoms with Crippen LogP contribution in [-0.4, -0.2) is 16.8 Å². The molecular formula is C14H23NO2. The Kier molecular flexibility index (Phi) is 4.17. The van der Waals surface area contributed by atoms with Gasteiger partial charge < -0.3 is 15.9 Å². The molecule has 0 bridgehead atoms. The molecule has 4 N–H and O–H groups in total. The SMILES string of the molecule is CCc1cc(C(N)CO)c(O)c(C(C)(C)C)c1. The molecule has 1 aromatic rings. The van der Waals surface area contributed by atoms with Crippen LogP contribution in [0, 0.1) is 0 Å². The summed E-state index contributed by atoms with van der Waals surface area (Å²) in [6.45, 7) is 8.05. The summed E-state index contributed by atoms with van der Waals surface area (Å²) in [7, 11) is 0. The Morgan fingerprint density at radius 3 is 2.29 bits per heavy atom. The largest absolute Gasteiger partial charge is 0.507 e. The summed E-state index contributed by atoms with van der Waals surface area (Å²) in [5, 5.41) is 19.4. The molecular weight excluding hydrogens is 214 g/mol. The number of benzene rings is 1. The van der Waals surface area contributed by atoms with Gasteiger partial charge in [0.25, 0.3) is 0 Å². The van der Waals surface area contributed by atoms with Gasteiger partial charge in [-0.05, 0) is 23.0 Å². The average Bonchev–Trinajstić information content (AvgIpc) is 2.26. The number of hydrogen-bond acceptors (Lipinski definition) is 3. The second kappa shape index (κ2) is 5.07. The third-order valence-electron chi connectivity index (χ3n) is 3.01. The van der Waals surface area contributed by atoms with Crippen LogP contribution in [0.1, 0.15) is 50.4 Å². The highest BCUT2D eigenvalue weighted by Crippen LogP contribution is 2.36. The smallest absolute Gasteiger partial charge is 0.124 e. The first-order chi connectivity index (χ1) is 7.81. The molecule has 0 spiro atoms. The van der Waals surface area contributed by atoms with Gasteiger partial charge in [0.15, 0.2) is 0 Å². The van der Waals surface area contributed by atoms with E-state index >= 15 is 0 Å². The Morgan fingerprint density at radius 1 is 1.29 bits per heavy atom. The van der Waals surface area contributed by atoms with Gasteiger partial charge in [-0.3, -0.25) is 0 Å². The molecule has 3 heteroatoms. The molecule has 0 saturated carbocycles. The van der Waals surface area contributed by atoms with Gasteiger partial charge in [0.2, 0.25) is 0 Å². The van der Waals surface area contributed by atoms with Gasteiger partial charge >= 0.3 is 0 Å². The van der Waals surface area contributed by atoms with Gasteiger partial charge in [0.05, 0.1) is 12.6 Å². The monoisotopic (exact) mass is 237 g/mol. The fourth-order valence-electron chi connectivity index (χ4n) is 1.88. The zero-order valence-electron chi connectivity index (χ0n) is 11.1. The Balaban J connectivity index is 3.41. The molecule has 0 saturated heterocycles. The summed E-state index contributed by atoms with van der Waals surface area (Å²) in [6.07, 6.45) is 0.883. The van der Waals surface area contributed by atoms with Crippen molar-refractivity contribution in [1.82, 2.24) is 0 Å². The molecule has 17 heavy (non-hydrogen) atoms. The van der Waals surface area contributed by atoms with E-state index in [1.165, 1.54) is 0 Å². The maximum Gasteiger partial charge on any atom is 0.124 e. The number of aryl methyl sites for hydroxylation is 1. The van der Waals surface area contributed by atoms with Crippen molar-refractivity contribution in [3.05, 3.63) is 28.8 Å². The number of nitrogens with two attached hydrogens (primary N) is 1. The van der Waals surface area contributed by atoms with Crippen LogP contribution >= 0.6 is 0 Å². The molecule has 0 heterocycles. The van der Waals surface area contributed by atoms with E-state index in [9.17, 15) is 5.11 Å². The Labute approximate surface area is 103 Å². The minimum Gasteiger partial charge on any atom is -0.507 e. The van der Waals surface area contributed by atoms with E-state index in [4.69, 9.17) is 10.8 Å². The molecule has 0 amide bonds. The van der Waals surface area contributed by atoms with Crippen molar-refractivity contribution in [3.8, 4) is 5.75 Å². The van der Waals surface area contributed by atoms with E-state index in [1.807, 2.05) is 12.1 Å². The van der Waals surface area contributed by atoms with Crippen LogP contribution < -0.4 is 5.73 Å². The first kappa shape index (κ1) is 14.0. The van der Waals surface area contributed by atoms with Gasteiger partial charge in [-0.25, -0.2) is 0 Å². The second-order valence-corrected chi connectivity index (χ2v) is 5.47. The lowest BCUT2D eigenvalue weighted by Gasteiger charge is -2.24. The van der Waals surface area contributed by atoms with E-state index < -0.39 is 6.04 Å². The molecule has 1 rings (SSSR count). The van der Waals surface area contributed by atoms with Gasteiger partial charge in [-0.2, -0.15) is 0 Å². The number of hydrogen-bond donors (Lipinski definition) is 3. The third kappa shape index (κ3) is 2.99. The average molecular weight is 237 g/mol. The lowest BCUT2D eigenvalue weighted by atomic mass is 9.83. The molecule has 96 valence electrons. The molecule has 0 aliphatic carbocycles. The van der Waals surface area contributed by atoms with Crippen LogP contribution in [0.3, 0.4) is 0 Å². The summed E-state index contributed by atoms with van der Waals surface area (Å²) in [6, 6.07) is 3.37. The van der Waals surface area contributed by atoms with Crippen molar-refractivity contribution in [2.45, 2.75) is 45.6 Å².